The summed E-state index contributed by atoms with van der Waals surface area (Å²) >= 11 is 5.91. The van der Waals surface area contributed by atoms with Gasteiger partial charge in [0.1, 0.15) is 0 Å². The van der Waals surface area contributed by atoms with Crippen LogP contribution in [-0.2, 0) is 18.0 Å². The minimum absolute atomic E-state index is 0.0849. The van der Waals surface area contributed by atoms with Crippen LogP contribution in [0.3, 0.4) is 0 Å². The van der Waals surface area contributed by atoms with Crippen LogP contribution in [0.15, 0.2) is 53.7 Å². The Balaban J connectivity index is 1.94. The summed E-state index contributed by atoms with van der Waals surface area (Å²) in [4.78, 5) is 0. The third-order valence-corrected chi connectivity index (χ3v) is 2.99. The number of hydrogen-bond acceptors (Lipinski definition) is 3. The monoisotopic (exact) mass is 290 g/mol. The lowest BCUT2D eigenvalue weighted by Gasteiger charge is -2.06. The first-order chi connectivity index (χ1) is 9.69. The first-order valence-electron chi connectivity index (χ1n) is 6.08. The summed E-state index contributed by atoms with van der Waals surface area (Å²) in [5.74, 6) is 0.0849. The Bertz CT molecular complexity index is 614. The summed E-state index contributed by atoms with van der Waals surface area (Å²) in [5.41, 5.74) is 8.18. The summed E-state index contributed by atoms with van der Waals surface area (Å²) in [6.45, 7) is 0.924. The van der Waals surface area contributed by atoms with Gasteiger partial charge in [0.25, 0.3) is 0 Å². The molecule has 0 radical (unpaired) electrons. The van der Waals surface area contributed by atoms with E-state index in [0.29, 0.717) is 23.8 Å². The standard InChI is InChI=1S/C15H15ClN2O2/c16-14-6-2-4-12(8-14)10-20-9-11-3-1-5-13(7-11)15(17)18-19/h1-8,19H,9-10H2,(H2,17,18). The predicted molar refractivity (Wildman–Crippen MR) is 78.9 cm³/mol. The van der Waals surface area contributed by atoms with Crippen LogP contribution >= 0.6 is 11.6 Å². The molecule has 0 amide bonds. The molecular formula is C15H15ClN2O2. The summed E-state index contributed by atoms with van der Waals surface area (Å²) in [6.07, 6.45) is 0. The zero-order valence-electron chi connectivity index (χ0n) is 10.8. The zero-order chi connectivity index (χ0) is 14.4. The van der Waals surface area contributed by atoms with Crippen LogP contribution in [0, 0.1) is 0 Å². The maximum Gasteiger partial charge on any atom is 0.170 e. The Morgan fingerprint density at radius 2 is 1.75 bits per heavy atom. The highest BCUT2D eigenvalue weighted by Gasteiger charge is 2.01. The number of benzene rings is 2. The minimum atomic E-state index is 0.0849. The zero-order valence-corrected chi connectivity index (χ0v) is 11.5. The molecule has 2 aromatic rings. The van der Waals surface area contributed by atoms with Crippen molar-refractivity contribution in [3.8, 4) is 0 Å². The predicted octanol–water partition coefficient (Wildman–Crippen LogP) is 3.15. The average Bonchev–Trinajstić information content (AvgIpc) is 2.47. The van der Waals surface area contributed by atoms with E-state index in [1.165, 1.54) is 0 Å². The largest absolute Gasteiger partial charge is 0.409 e. The van der Waals surface area contributed by atoms with Crippen molar-refractivity contribution >= 4 is 17.4 Å². The van der Waals surface area contributed by atoms with E-state index in [-0.39, 0.29) is 5.84 Å². The smallest absolute Gasteiger partial charge is 0.170 e. The topological polar surface area (TPSA) is 67.8 Å². The molecule has 0 aromatic heterocycles. The van der Waals surface area contributed by atoms with E-state index in [4.69, 9.17) is 27.3 Å². The SMILES string of the molecule is NC(=NO)c1cccc(COCc2cccc(Cl)c2)c1. The molecule has 0 spiro atoms. The van der Waals surface area contributed by atoms with Crippen LogP contribution < -0.4 is 5.73 Å². The van der Waals surface area contributed by atoms with Crippen molar-refractivity contribution in [1.29, 1.82) is 0 Å². The second kappa shape index (κ2) is 6.93. The summed E-state index contributed by atoms with van der Waals surface area (Å²) in [5, 5.41) is 12.3. The summed E-state index contributed by atoms with van der Waals surface area (Å²) in [7, 11) is 0. The highest BCUT2D eigenvalue weighted by molar-refractivity contribution is 6.30. The number of ether oxygens (including phenoxy) is 1. The van der Waals surface area contributed by atoms with Gasteiger partial charge in [0.05, 0.1) is 13.2 Å². The lowest BCUT2D eigenvalue weighted by Crippen LogP contribution is -2.13. The fourth-order valence-corrected chi connectivity index (χ4v) is 2.00. The molecule has 0 unspecified atom stereocenters. The van der Waals surface area contributed by atoms with Crippen molar-refractivity contribution in [2.45, 2.75) is 13.2 Å². The van der Waals surface area contributed by atoms with Crippen LogP contribution in [0.4, 0.5) is 0 Å². The van der Waals surface area contributed by atoms with Crippen LogP contribution in [0.1, 0.15) is 16.7 Å². The highest BCUT2D eigenvalue weighted by Crippen LogP contribution is 2.13. The van der Waals surface area contributed by atoms with E-state index in [9.17, 15) is 0 Å². The second-order valence-corrected chi connectivity index (χ2v) is 4.74. The maximum absolute atomic E-state index is 8.65. The molecule has 0 aliphatic carbocycles. The van der Waals surface area contributed by atoms with Gasteiger partial charge in [0.2, 0.25) is 0 Å². The number of hydrogen-bond donors (Lipinski definition) is 2. The number of halogens is 1. The molecule has 4 nitrogen and oxygen atoms in total. The van der Waals surface area contributed by atoms with Gasteiger partial charge in [0.15, 0.2) is 5.84 Å². The molecule has 0 aliphatic heterocycles. The fraction of sp³-hybridized carbons (Fsp3) is 0.133. The van der Waals surface area contributed by atoms with Gasteiger partial charge in [-0.2, -0.15) is 0 Å². The van der Waals surface area contributed by atoms with E-state index < -0.39 is 0 Å². The van der Waals surface area contributed by atoms with E-state index >= 15 is 0 Å². The molecule has 2 rings (SSSR count). The lowest BCUT2D eigenvalue weighted by molar-refractivity contribution is 0.107. The molecule has 20 heavy (non-hydrogen) atoms. The molecule has 0 bridgehead atoms. The van der Waals surface area contributed by atoms with E-state index in [1.807, 2.05) is 42.5 Å². The molecule has 0 saturated carbocycles. The summed E-state index contributed by atoms with van der Waals surface area (Å²) in [6, 6.07) is 14.9. The Morgan fingerprint density at radius 3 is 2.40 bits per heavy atom. The lowest BCUT2D eigenvalue weighted by atomic mass is 10.1. The first kappa shape index (κ1) is 14.4. The van der Waals surface area contributed by atoms with Crippen LogP contribution in [-0.4, -0.2) is 11.0 Å². The molecule has 0 aliphatic rings. The van der Waals surface area contributed by atoms with E-state index in [2.05, 4.69) is 5.16 Å². The normalized spacial score (nSPS) is 11.6. The molecule has 0 saturated heterocycles. The molecular weight excluding hydrogens is 276 g/mol. The van der Waals surface area contributed by atoms with Gasteiger partial charge in [-0.15, -0.1) is 0 Å². The van der Waals surface area contributed by atoms with Crippen molar-refractivity contribution in [3.05, 3.63) is 70.2 Å². The molecule has 5 heteroatoms. The molecule has 104 valence electrons. The van der Waals surface area contributed by atoms with Crippen molar-refractivity contribution in [1.82, 2.24) is 0 Å². The molecule has 3 N–H and O–H groups in total. The molecule has 2 aromatic carbocycles. The van der Waals surface area contributed by atoms with Gasteiger partial charge in [0, 0.05) is 10.6 Å². The van der Waals surface area contributed by atoms with Crippen molar-refractivity contribution in [2.24, 2.45) is 10.9 Å². The third-order valence-electron chi connectivity index (χ3n) is 2.76. The van der Waals surface area contributed by atoms with Crippen LogP contribution in [0.5, 0.6) is 0 Å². The van der Waals surface area contributed by atoms with Crippen LogP contribution in [0.25, 0.3) is 0 Å². The third kappa shape index (κ3) is 3.98. The molecule has 0 atom stereocenters. The van der Waals surface area contributed by atoms with Crippen molar-refractivity contribution in [3.63, 3.8) is 0 Å². The Hall–Kier alpha value is -2.04. The summed E-state index contributed by atoms with van der Waals surface area (Å²) < 4.78 is 5.63. The Kier molecular flexibility index (Phi) is 4.98. The average molecular weight is 291 g/mol. The maximum atomic E-state index is 8.65. The molecule has 0 fully saturated rings. The number of rotatable bonds is 5. The minimum Gasteiger partial charge on any atom is -0.409 e. The first-order valence-corrected chi connectivity index (χ1v) is 6.46. The number of oxime groups is 1. The van der Waals surface area contributed by atoms with Gasteiger partial charge < -0.3 is 15.7 Å². The van der Waals surface area contributed by atoms with Gasteiger partial charge in [-0.1, -0.05) is 47.1 Å². The van der Waals surface area contributed by atoms with E-state index in [0.717, 1.165) is 11.1 Å². The van der Waals surface area contributed by atoms with Gasteiger partial charge >= 0.3 is 0 Å². The quantitative estimate of drug-likeness (QED) is 0.385. The van der Waals surface area contributed by atoms with Gasteiger partial charge in [-0.25, -0.2) is 0 Å². The number of amidine groups is 1. The van der Waals surface area contributed by atoms with Gasteiger partial charge in [-0.3, -0.25) is 0 Å². The fourth-order valence-electron chi connectivity index (χ4n) is 1.79. The second-order valence-electron chi connectivity index (χ2n) is 4.31. The Morgan fingerprint density at radius 1 is 1.10 bits per heavy atom. The Labute approximate surface area is 122 Å². The van der Waals surface area contributed by atoms with Crippen molar-refractivity contribution < 1.29 is 9.94 Å². The number of nitrogens with zero attached hydrogens (tertiary/aromatic N) is 1. The van der Waals surface area contributed by atoms with E-state index in [1.54, 1.807) is 6.07 Å². The molecule has 0 heterocycles. The van der Waals surface area contributed by atoms with Crippen LogP contribution in [0.2, 0.25) is 5.02 Å². The highest BCUT2D eigenvalue weighted by atomic mass is 35.5. The van der Waals surface area contributed by atoms with Crippen molar-refractivity contribution in [2.75, 3.05) is 0 Å². The number of nitrogens with two attached hydrogens (primary N) is 1. The van der Waals surface area contributed by atoms with Gasteiger partial charge in [-0.05, 0) is 29.3 Å².